The van der Waals surface area contributed by atoms with Gasteiger partial charge in [0.1, 0.15) is 5.82 Å². The van der Waals surface area contributed by atoms with Gasteiger partial charge in [0.2, 0.25) is 0 Å². The summed E-state index contributed by atoms with van der Waals surface area (Å²) in [6.07, 6.45) is 0. The smallest absolute Gasteiger partial charge is 0.138 e. The van der Waals surface area contributed by atoms with Gasteiger partial charge in [0.25, 0.3) is 0 Å². The van der Waals surface area contributed by atoms with Crippen LogP contribution in [-0.2, 0) is 6.54 Å². The van der Waals surface area contributed by atoms with E-state index in [1.807, 2.05) is 37.3 Å². The van der Waals surface area contributed by atoms with Crippen molar-refractivity contribution < 1.29 is 0 Å². The SMILES string of the molecule is Cc1[nH]c(-c2ccc(CN)cc2)nc1-c1ccccc1. The highest BCUT2D eigenvalue weighted by molar-refractivity contribution is 5.67. The number of nitrogens with one attached hydrogen (secondary N) is 1. The molecule has 0 fully saturated rings. The Bertz CT molecular complexity index is 697. The predicted octanol–water partition coefficient (Wildman–Crippen LogP) is 3.51. The molecule has 0 bridgehead atoms. The van der Waals surface area contributed by atoms with Crippen molar-refractivity contribution in [1.29, 1.82) is 0 Å². The van der Waals surface area contributed by atoms with Gasteiger partial charge in [0.05, 0.1) is 5.69 Å². The molecule has 3 aromatic rings. The Morgan fingerprint density at radius 1 is 0.950 bits per heavy atom. The summed E-state index contributed by atoms with van der Waals surface area (Å²) in [6, 6.07) is 18.4. The van der Waals surface area contributed by atoms with Gasteiger partial charge in [-0.1, -0.05) is 54.6 Å². The molecule has 0 aliphatic heterocycles. The third-order valence-corrected chi connectivity index (χ3v) is 3.40. The number of aryl methyl sites for hydroxylation is 1. The van der Waals surface area contributed by atoms with E-state index in [9.17, 15) is 0 Å². The lowest BCUT2D eigenvalue weighted by Crippen LogP contribution is -1.95. The van der Waals surface area contributed by atoms with Gasteiger partial charge in [-0.3, -0.25) is 0 Å². The molecule has 0 amide bonds. The fourth-order valence-electron chi connectivity index (χ4n) is 2.27. The average Bonchev–Trinajstić information content (AvgIpc) is 2.90. The van der Waals surface area contributed by atoms with Crippen LogP contribution in [0.2, 0.25) is 0 Å². The van der Waals surface area contributed by atoms with Crippen molar-refractivity contribution in [1.82, 2.24) is 9.97 Å². The highest BCUT2D eigenvalue weighted by atomic mass is 14.9. The van der Waals surface area contributed by atoms with Crippen LogP contribution in [0.1, 0.15) is 11.3 Å². The van der Waals surface area contributed by atoms with Crippen LogP contribution < -0.4 is 5.73 Å². The van der Waals surface area contributed by atoms with Crippen molar-refractivity contribution in [3.63, 3.8) is 0 Å². The summed E-state index contributed by atoms with van der Waals surface area (Å²) in [5.74, 6) is 0.893. The van der Waals surface area contributed by atoms with E-state index in [2.05, 4.69) is 29.2 Å². The molecule has 3 heteroatoms. The number of hydrogen-bond acceptors (Lipinski definition) is 2. The predicted molar refractivity (Wildman–Crippen MR) is 82.1 cm³/mol. The van der Waals surface area contributed by atoms with Crippen molar-refractivity contribution in [2.24, 2.45) is 5.73 Å². The van der Waals surface area contributed by atoms with Gasteiger partial charge in [-0.25, -0.2) is 4.98 Å². The highest BCUT2D eigenvalue weighted by Gasteiger charge is 2.09. The summed E-state index contributed by atoms with van der Waals surface area (Å²) in [5.41, 5.74) is 11.0. The molecule has 0 atom stereocenters. The Hall–Kier alpha value is -2.39. The first kappa shape index (κ1) is 12.6. The molecule has 3 rings (SSSR count). The van der Waals surface area contributed by atoms with E-state index in [1.54, 1.807) is 0 Å². The molecule has 0 aliphatic rings. The lowest BCUT2D eigenvalue weighted by Gasteiger charge is -1.99. The maximum atomic E-state index is 5.62. The number of benzene rings is 2. The second-order valence-electron chi connectivity index (χ2n) is 4.83. The van der Waals surface area contributed by atoms with E-state index < -0.39 is 0 Å². The first-order valence-corrected chi connectivity index (χ1v) is 6.69. The maximum Gasteiger partial charge on any atom is 0.138 e. The molecule has 0 unspecified atom stereocenters. The van der Waals surface area contributed by atoms with Crippen LogP contribution in [0.4, 0.5) is 0 Å². The largest absolute Gasteiger partial charge is 0.342 e. The van der Waals surface area contributed by atoms with Gasteiger partial charge in [-0.2, -0.15) is 0 Å². The van der Waals surface area contributed by atoms with Gasteiger partial charge in [-0.15, -0.1) is 0 Å². The zero-order chi connectivity index (χ0) is 13.9. The number of nitrogens with zero attached hydrogens (tertiary/aromatic N) is 1. The lowest BCUT2D eigenvalue weighted by molar-refractivity contribution is 1.07. The van der Waals surface area contributed by atoms with Crippen LogP contribution in [-0.4, -0.2) is 9.97 Å². The van der Waals surface area contributed by atoms with Gasteiger partial charge in [0, 0.05) is 23.4 Å². The van der Waals surface area contributed by atoms with Crippen molar-refractivity contribution in [2.75, 3.05) is 0 Å². The van der Waals surface area contributed by atoms with Gasteiger partial charge >= 0.3 is 0 Å². The lowest BCUT2D eigenvalue weighted by atomic mass is 10.1. The molecule has 2 aromatic carbocycles. The van der Waals surface area contributed by atoms with Crippen LogP contribution in [0.25, 0.3) is 22.6 Å². The second-order valence-corrected chi connectivity index (χ2v) is 4.83. The van der Waals surface area contributed by atoms with Gasteiger partial charge in [-0.05, 0) is 12.5 Å². The zero-order valence-corrected chi connectivity index (χ0v) is 11.4. The minimum atomic E-state index is 0.562. The third-order valence-electron chi connectivity index (χ3n) is 3.40. The Labute approximate surface area is 118 Å². The molecule has 100 valence electrons. The van der Waals surface area contributed by atoms with Crippen molar-refractivity contribution in [2.45, 2.75) is 13.5 Å². The summed E-state index contributed by atoms with van der Waals surface area (Å²) in [4.78, 5) is 8.07. The number of imidazole rings is 1. The zero-order valence-electron chi connectivity index (χ0n) is 11.4. The molecule has 20 heavy (non-hydrogen) atoms. The number of aromatic nitrogens is 2. The van der Waals surface area contributed by atoms with Crippen LogP contribution in [0.15, 0.2) is 54.6 Å². The number of aromatic amines is 1. The second kappa shape index (κ2) is 5.31. The first-order valence-electron chi connectivity index (χ1n) is 6.69. The quantitative estimate of drug-likeness (QED) is 0.759. The third kappa shape index (κ3) is 2.36. The van der Waals surface area contributed by atoms with E-state index in [1.165, 1.54) is 0 Å². The fourth-order valence-corrected chi connectivity index (χ4v) is 2.27. The molecular weight excluding hydrogens is 246 g/mol. The molecule has 0 saturated carbocycles. The summed E-state index contributed by atoms with van der Waals surface area (Å²) in [7, 11) is 0. The number of hydrogen-bond donors (Lipinski definition) is 2. The van der Waals surface area contributed by atoms with E-state index >= 15 is 0 Å². The highest BCUT2D eigenvalue weighted by Crippen LogP contribution is 2.25. The summed E-state index contributed by atoms with van der Waals surface area (Å²) < 4.78 is 0. The Kier molecular flexibility index (Phi) is 3.35. The van der Waals surface area contributed by atoms with Gasteiger partial charge < -0.3 is 10.7 Å². The van der Waals surface area contributed by atoms with E-state index in [0.717, 1.165) is 33.9 Å². The average molecular weight is 263 g/mol. The Morgan fingerprint density at radius 2 is 1.65 bits per heavy atom. The minimum absolute atomic E-state index is 0.562. The topological polar surface area (TPSA) is 54.7 Å². The molecule has 3 N–H and O–H groups in total. The standard InChI is InChI=1S/C17H17N3/c1-12-16(14-5-3-2-4-6-14)20-17(19-12)15-9-7-13(11-18)8-10-15/h2-10H,11,18H2,1H3,(H,19,20). The monoisotopic (exact) mass is 263 g/mol. The molecule has 1 aromatic heterocycles. The maximum absolute atomic E-state index is 5.62. The van der Waals surface area contributed by atoms with Crippen LogP contribution in [0.5, 0.6) is 0 Å². The molecular formula is C17H17N3. The number of nitrogens with two attached hydrogens (primary N) is 1. The molecule has 1 heterocycles. The van der Waals surface area contributed by atoms with Crippen LogP contribution in [0.3, 0.4) is 0 Å². The minimum Gasteiger partial charge on any atom is -0.342 e. The van der Waals surface area contributed by atoms with Gasteiger partial charge in [0.15, 0.2) is 0 Å². The number of H-pyrrole nitrogens is 1. The molecule has 0 saturated heterocycles. The molecule has 0 spiro atoms. The first-order chi connectivity index (χ1) is 9.78. The van der Waals surface area contributed by atoms with E-state index in [-0.39, 0.29) is 0 Å². The fraction of sp³-hybridized carbons (Fsp3) is 0.118. The van der Waals surface area contributed by atoms with Crippen LogP contribution >= 0.6 is 0 Å². The normalized spacial score (nSPS) is 10.7. The molecule has 3 nitrogen and oxygen atoms in total. The van der Waals surface area contributed by atoms with E-state index in [0.29, 0.717) is 6.54 Å². The Balaban J connectivity index is 2.00. The summed E-state index contributed by atoms with van der Waals surface area (Å²) >= 11 is 0. The van der Waals surface area contributed by atoms with Crippen molar-refractivity contribution in [3.8, 4) is 22.6 Å². The van der Waals surface area contributed by atoms with Crippen molar-refractivity contribution >= 4 is 0 Å². The van der Waals surface area contributed by atoms with Crippen molar-refractivity contribution in [3.05, 3.63) is 65.9 Å². The van der Waals surface area contributed by atoms with Crippen LogP contribution in [0, 0.1) is 6.92 Å². The summed E-state index contributed by atoms with van der Waals surface area (Å²) in [6.45, 7) is 2.61. The molecule has 0 aliphatic carbocycles. The number of rotatable bonds is 3. The summed E-state index contributed by atoms with van der Waals surface area (Å²) in [5, 5.41) is 0. The molecule has 0 radical (unpaired) electrons. The Morgan fingerprint density at radius 3 is 2.30 bits per heavy atom. The van der Waals surface area contributed by atoms with E-state index in [4.69, 9.17) is 10.7 Å².